The smallest absolute Gasteiger partial charge is 0.262 e. The fraction of sp³-hybridized carbons (Fsp3) is 0.385. The van der Waals surface area contributed by atoms with Crippen molar-refractivity contribution in [2.45, 2.75) is 32.3 Å². The van der Waals surface area contributed by atoms with Gasteiger partial charge in [-0.1, -0.05) is 6.07 Å². The lowest BCUT2D eigenvalue weighted by Gasteiger charge is -2.32. The van der Waals surface area contributed by atoms with Crippen LogP contribution in [0.2, 0.25) is 0 Å². The fourth-order valence-electron chi connectivity index (χ4n) is 4.40. The van der Waals surface area contributed by atoms with E-state index < -0.39 is 0 Å². The lowest BCUT2D eigenvalue weighted by atomic mass is 10.1. The van der Waals surface area contributed by atoms with Gasteiger partial charge in [0.1, 0.15) is 23.4 Å². The number of hydrogen-bond acceptors (Lipinski definition) is 6. The van der Waals surface area contributed by atoms with Gasteiger partial charge in [-0.15, -0.1) is 0 Å². The number of fused-ring (bicyclic) bond motifs is 2. The normalized spacial score (nSPS) is 16.7. The topological polar surface area (TPSA) is 72.9 Å². The van der Waals surface area contributed by atoms with E-state index in [4.69, 9.17) is 14.2 Å². The Labute approximate surface area is 193 Å². The van der Waals surface area contributed by atoms with Crippen molar-refractivity contribution in [2.24, 2.45) is 0 Å². The van der Waals surface area contributed by atoms with Gasteiger partial charge < -0.3 is 24.4 Å². The molecule has 3 aromatic rings. The summed E-state index contributed by atoms with van der Waals surface area (Å²) in [7, 11) is 0. The van der Waals surface area contributed by atoms with Gasteiger partial charge in [-0.25, -0.2) is 0 Å². The summed E-state index contributed by atoms with van der Waals surface area (Å²) in [5, 5.41) is 3.89. The van der Waals surface area contributed by atoms with Gasteiger partial charge in [0.15, 0.2) is 6.61 Å². The average molecular weight is 448 g/mol. The average Bonchev–Trinajstić information content (AvgIpc) is 2.82. The number of nitrogens with zero attached hydrogens (tertiary/aromatic N) is 2. The second-order valence-corrected chi connectivity index (χ2v) is 8.63. The molecule has 2 aliphatic rings. The molecule has 0 aliphatic carbocycles. The fourth-order valence-corrected chi connectivity index (χ4v) is 4.40. The molecule has 7 nitrogen and oxygen atoms in total. The summed E-state index contributed by atoms with van der Waals surface area (Å²) in [6.45, 7) is 5.78. The molecule has 3 heterocycles. The summed E-state index contributed by atoms with van der Waals surface area (Å²) in [5.74, 6) is 2.22. The van der Waals surface area contributed by atoms with Crippen LogP contribution in [0.3, 0.4) is 0 Å². The first-order valence-corrected chi connectivity index (χ1v) is 11.6. The summed E-state index contributed by atoms with van der Waals surface area (Å²) >= 11 is 0. The van der Waals surface area contributed by atoms with Crippen LogP contribution in [0.1, 0.15) is 25.0 Å². The van der Waals surface area contributed by atoms with E-state index in [-0.39, 0.29) is 18.6 Å². The number of rotatable bonds is 7. The van der Waals surface area contributed by atoms with E-state index in [1.54, 1.807) is 0 Å². The molecule has 0 unspecified atom stereocenters. The van der Waals surface area contributed by atoms with Crippen molar-refractivity contribution in [3.63, 3.8) is 0 Å². The molecule has 2 aromatic carbocycles. The van der Waals surface area contributed by atoms with E-state index in [2.05, 4.69) is 21.3 Å². The van der Waals surface area contributed by atoms with Crippen LogP contribution >= 0.6 is 0 Å². The van der Waals surface area contributed by atoms with E-state index in [0.717, 1.165) is 67.0 Å². The maximum atomic E-state index is 11.5. The first kappa shape index (κ1) is 21.5. The molecule has 1 fully saturated rings. The Morgan fingerprint density at radius 1 is 1.15 bits per heavy atom. The molecule has 0 spiro atoms. The number of carbonyl (C=O) groups excluding carboxylic acids is 1. The standard InChI is InChI=1S/C26H29N3O4/c1-18-6-8-21-22(27-18)4-2-5-24(21)31-15-3-12-29-13-10-19(11-14-29)33-20-7-9-25-23(16-20)28-26(30)17-32-25/h2,4-9,16,19H,3,10-15,17H2,1H3,(H,28,30). The molecule has 5 rings (SSSR count). The first-order chi connectivity index (χ1) is 16.1. The third kappa shape index (κ3) is 5.20. The molecule has 1 saturated heterocycles. The molecule has 1 aromatic heterocycles. The van der Waals surface area contributed by atoms with Crippen molar-refractivity contribution in [1.82, 2.24) is 9.88 Å². The SMILES string of the molecule is Cc1ccc2c(OCCCN3CCC(Oc4ccc5c(c4)NC(=O)CO5)CC3)cccc2n1. The molecule has 2 aliphatic heterocycles. The molecule has 0 radical (unpaired) electrons. The van der Waals surface area contributed by atoms with Crippen molar-refractivity contribution in [3.8, 4) is 17.2 Å². The predicted molar refractivity (Wildman–Crippen MR) is 127 cm³/mol. The highest BCUT2D eigenvalue weighted by Crippen LogP contribution is 2.32. The van der Waals surface area contributed by atoms with Gasteiger partial charge in [0.2, 0.25) is 0 Å². The van der Waals surface area contributed by atoms with Gasteiger partial charge in [0, 0.05) is 36.8 Å². The van der Waals surface area contributed by atoms with Gasteiger partial charge in [-0.3, -0.25) is 9.78 Å². The van der Waals surface area contributed by atoms with Crippen LogP contribution in [0, 0.1) is 6.92 Å². The second kappa shape index (κ2) is 9.67. The number of hydrogen-bond donors (Lipinski definition) is 1. The van der Waals surface area contributed by atoms with E-state index in [1.807, 2.05) is 49.4 Å². The Morgan fingerprint density at radius 3 is 2.91 bits per heavy atom. The van der Waals surface area contributed by atoms with Crippen LogP contribution < -0.4 is 19.5 Å². The zero-order valence-electron chi connectivity index (χ0n) is 18.9. The van der Waals surface area contributed by atoms with Crippen molar-refractivity contribution in [1.29, 1.82) is 0 Å². The predicted octanol–water partition coefficient (Wildman–Crippen LogP) is 4.19. The highest BCUT2D eigenvalue weighted by Gasteiger charge is 2.22. The van der Waals surface area contributed by atoms with Crippen molar-refractivity contribution in [3.05, 3.63) is 54.2 Å². The van der Waals surface area contributed by atoms with Gasteiger partial charge in [-0.05, 0) is 62.6 Å². The Bertz CT molecular complexity index is 1140. The summed E-state index contributed by atoms with van der Waals surface area (Å²) in [4.78, 5) is 18.6. The van der Waals surface area contributed by atoms with Crippen LogP contribution in [0.15, 0.2) is 48.5 Å². The molecule has 172 valence electrons. The zero-order valence-corrected chi connectivity index (χ0v) is 18.9. The number of amides is 1. The lowest BCUT2D eigenvalue weighted by Crippen LogP contribution is -2.39. The van der Waals surface area contributed by atoms with Crippen LogP contribution in [0.25, 0.3) is 10.9 Å². The van der Waals surface area contributed by atoms with E-state index in [1.165, 1.54) is 0 Å². The van der Waals surface area contributed by atoms with E-state index in [9.17, 15) is 4.79 Å². The molecule has 33 heavy (non-hydrogen) atoms. The maximum absolute atomic E-state index is 11.5. The number of anilines is 1. The number of nitrogens with one attached hydrogen (secondary N) is 1. The van der Waals surface area contributed by atoms with E-state index >= 15 is 0 Å². The van der Waals surface area contributed by atoms with Gasteiger partial charge in [0.05, 0.1) is 17.8 Å². The molecular weight excluding hydrogens is 418 g/mol. The third-order valence-electron chi connectivity index (χ3n) is 6.13. The summed E-state index contributed by atoms with van der Waals surface area (Å²) < 4.78 is 17.7. The minimum atomic E-state index is -0.135. The van der Waals surface area contributed by atoms with Crippen LogP contribution in [-0.4, -0.2) is 54.7 Å². The first-order valence-electron chi connectivity index (χ1n) is 11.6. The van der Waals surface area contributed by atoms with Gasteiger partial charge in [0.25, 0.3) is 5.91 Å². The largest absolute Gasteiger partial charge is 0.493 e. The number of carbonyl (C=O) groups is 1. The van der Waals surface area contributed by atoms with Crippen LogP contribution in [0.5, 0.6) is 17.2 Å². The number of benzene rings is 2. The minimum Gasteiger partial charge on any atom is -0.493 e. The number of aryl methyl sites for hydroxylation is 1. The molecular formula is C26H29N3O4. The zero-order chi connectivity index (χ0) is 22.6. The van der Waals surface area contributed by atoms with Crippen LogP contribution in [-0.2, 0) is 4.79 Å². The highest BCUT2D eigenvalue weighted by atomic mass is 16.5. The van der Waals surface area contributed by atoms with Gasteiger partial charge in [-0.2, -0.15) is 0 Å². The summed E-state index contributed by atoms with van der Waals surface area (Å²) in [6, 6.07) is 15.8. The number of ether oxygens (including phenoxy) is 3. The molecule has 0 saturated carbocycles. The number of pyridine rings is 1. The lowest BCUT2D eigenvalue weighted by molar-refractivity contribution is -0.118. The molecule has 0 atom stereocenters. The second-order valence-electron chi connectivity index (χ2n) is 8.63. The summed E-state index contributed by atoms with van der Waals surface area (Å²) in [5.41, 5.74) is 2.67. The number of likely N-dealkylation sites (tertiary alicyclic amines) is 1. The van der Waals surface area contributed by atoms with E-state index in [0.29, 0.717) is 18.0 Å². The Balaban J connectivity index is 1.05. The number of aromatic nitrogens is 1. The molecule has 0 bridgehead atoms. The third-order valence-corrected chi connectivity index (χ3v) is 6.13. The summed E-state index contributed by atoms with van der Waals surface area (Å²) in [6.07, 6.45) is 3.12. The molecule has 1 N–H and O–H groups in total. The minimum absolute atomic E-state index is 0.0650. The van der Waals surface area contributed by atoms with Crippen molar-refractivity contribution in [2.75, 3.05) is 38.2 Å². The van der Waals surface area contributed by atoms with Gasteiger partial charge >= 0.3 is 0 Å². The highest BCUT2D eigenvalue weighted by molar-refractivity contribution is 5.95. The van der Waals surface area contributed by atoms with Crippen molar-refractivity contribution < 1.29 is 19.0 Å². The van der Waals surface area contributed by atoms with Crippen LogP contribution in [0.4, 0.5) is 5.69 Å². The Hall–Kier alpha value is -3.32. The maximum Gasteiger partial charge on any atom is 0.262 e. The quantitative estimate of drug-likeness (QED) is 0.548. The monoisotopic (exact) mass is 447 g/mol. The molecule has 1 amide bonds. The molecule has 7 heteroatoms. The number of piperidine rings is 1. The Kier molecular flexibility index (Phi) is 6.30. The van der Waals surface area contributed by atoms with Crippen molar-refractivity contribution >= 4 is 22.5 Å². The Morgan fingerprint density at radius 2 is 2.03 bits per heavy atom.